The van der Waals surface area contributed by atoms with E-state index in [0.717, 1.165) is 6.42 Å². The van der Waals surface area contributed by atoms with Gasteiger partial charge in [-0.25, -0.2) is 0 Å². The molecule has 1 unspecified atom stereocenters. The Morgan fingerprint density at radius 2 is 2.25 bits per heavy atom. The van der Waals surface area contributed by atoms with Crippen molar-refractivity contribution in [3.8, 4) is 6.07 Å². The van der Waals surface area contributed by atoms with Crippen LogP contribution in [0.4, 0.5) is 0 Å². The summed E-state index contributed by atoms with van der Waals surface area (Å²) >= 11 is 0. The first-order chi connectivity index (χ1) is 7.65. The van der Waals surface area contributed by atoms with Gasteiger partial charge in [-0.15, -0.1) is 0 Å². The number of carbonyl (C=O) groups is 2. The highest BCUT2D eigenvalue weighted by Crippen LogP contribution is 2.45. The molecular formula is C11H14N2O3. The van der Waals surface area contributed by atoms with Gasteiger partial charge < -0.3 is 9.64 Å². The summed E-state index contributed by atoms with van der Waals surface area (Å²) in [4.78, 5) is 25.3. The van der Waals surface area contributed by atoms with E-state index in [4.69, 9.17) is 10.00 Å². The van der Waals surface area contributed by atoms with Crippen LogP contribution in [0.15, 0.2) is 0 Å². The Morgan fingerprint density at radius 1 is 1.56 bits per heavy atom. The van der Waals surface area contributed by atoms with Gasteiger partial charge in [0.25, 0.3) is 0 Å². The van der Waals surface area contributed by atoms with E-state index >= 15 is 0 Å². The number of esters is 1. The second-order valence-electron chi connectivity index (χ2n) is 4.26. The van der Waals surface area contributed by atoms with Gasteiger partial charge in [-0.2, -0.15) is 5.26 Å². The molecule has 1 aliphatic heterocycles. The largest absolute Gasteiger partial charge is 0.465 e. The fraction of sp³-hybridized carbons (Fsp3) is 0.727. The van der Waals surface area contributed by atoms with Crippen molar-refractivity contribution in [1.82, 2.24) is 4.90 Å². The number of ether oxygens (including phenoxy) is 1. The van der Waals surface area contributed by atoms with Crippen LogP contribution in [-0.4, -0.2) is 36.0 Å². The van der Waals surface area contributed by atoms with Crippen LogP contribution in [-0.2, 0) is 14.3 Å². The third-order valence-electron chi connectivity index (χ3n) is 3.30. The van der Waals surface area contributed by atoms with Gasteiger partial charge in [-0.05, 0) is 19.8 Å². The van der Waals surface area contributed by atoms with Crippen LogP contribution < -0.4 is 0 Å². The van der Waals surface area contributed by atoms with E-state index in [2.05, 4.69) is 0 Å². The summed E-state index contributed by atoms with van der Waals surface area (Å²) in [5.74, 6) is -0.640. The molecule has 0 N–H and O–H groups in total. The van der Waals surface area contributed by atoms with Gasteiger partial charge in [0.15, 0.2) is 0 Å². The van der Waals surface area contributed by atoms with E-state index in [1.807, 2.05) is 6.07 Å². The molecule has 0 aromatic heterocycles. The molecular weight excluding hydrogens is 208 g/mol. The molecule has 1 atom stereocenters. The fourth-order valence-corrected chi connectivity index (χ4v) is 2.05. The minimum Gasteiger partial charge on any atom is -0.465 e. The van der Waals surface area contributed by atoms with Crippen LogP contribution in [0.25, 0.3) is 0 Å². The number of amides is 1. The van der Waals surface area contributed by atoms with Crippen molar-refractivity contribution in [3.05, 3.63) is 0 Å². The summed E-state index contributed by atoms with van der Waals surface area (Å²) in [6, 6.07) is 1.68. The first kappa shape index (κ1) is 10.9. The zero-order valence-corrected chi connectivity index (χ0v) is 9.23. The maximum atomic E-state index is 12.1. The second-order valence-corrected chi connectivity index (χ2v) is 4.26. The molecule has 86 valence electrons. The first-order valence-corrected chi connectivity index (χ1v) is 5.53. The van der Waals surface area contributed by atoms with Crippen LogP contribution >= 0.6 is 0 Å². The molecule has 1 saturated heterocycles. The Kier molecular flexibility index (Phi) is 2.58. The molecule has 2 aliphatic rings. The molecule has 1 heterocycles. The highest BCUT2D eigenvalue weighted by atomic mass is 16.5. The van der Waals surface area contributed by atoms with Crippen molar-refractivity contribution in [2.45, 2.75) is 32.2 Å². The summed E-state index contributed by atoms with van der Waals surface area (Å²) in [5, 5.41) is 8.66. The van der Waals surface area contributed by atoms with Gasteiger partial charge in [-0.3, -0.25) is 9.59 Å². The predicted octanol–water partition coefficient (Wildman–Crippen LogP) is 0.454. The number of hydrogen-bond acceptors (Lipinski definition) is 4. The topological polar surface area (TPSA) is 70.2 Å². The molecule has 0 spiro atoms. The van der Waals surface area contributed by atoms with E-state index in [0.29, 0.717) is 19.4 Å². The lowest BCUT2D eigenvalue weighted by atomic mass is 9.68. The van der Waals surface area contributed by atoms with E-state index in [1.165, 1.54) is 4.90 Å². The monoisotopic (exact) mass is 222 g/mol. The highest BCUT2D eigenvalue weighted by molar-refractivity contribution is 6.04. The summed E-state index contributed by atoms with van der Waals surface area (Å²) in [5.41, 5.74) is -0.971. The smallest absolute Gasteiger partial charge is 0.321 e. The van der Waals surface area contributed by atoms with Crippen LogP contribution in [0.2, 0.25) is 0 Å². The van der Waals surface area contributed by atoms with Crippen molar-refractivity contribution < 1.29 is 14.3 Å². The molecule has 0 aromatic carbocycles. The van der Waals surface area contributed by atoms with E-state index in [1.54, 1.807) is 6.92 Å². The first-order valence-electron chi connectivity index (χ1n) is 5.53. The number of carbonyl (C=O) groups excluding carboxylic acids is 2. The van der Waals surface area contributed by atoms with Crippen molar-refractivity contribution >= 4 is 11.9 Å². The predicted molar refractivity (Wildman–Crippen MR) is 54.0 cm³/mol. The average molecular weight is 222 g/mol. The molecule has 0 radical (unpaired) electrons. The SMILES string of the molecule is CCOC(=O)C1(C(=O)N2CC2C#N)CCC1. The number of hydrogen-bond donors (Lipinski definition) is 0. The van der Waals surface area contributed by atoms with Crippen molar-refractivity contribution in [1.29, 1.82) is 5.26 Å². The lowest BCUT2D eigenvalue weighted by Gasteiger charge is -2.37. The van der Waals surface area contributed by atoms with E-state index in [9.17, 15) is 9.59 Å². The Bertz CT molecular complexity index is 368. The summed E-state index contributed by atoms with van der Waals surface area (Å²) in [6.07, 6.45) is 1.98. The molecule has 1 amide bonds. The third kappa shape index (κ3) is 1.45. The molecule has 5 heteroatoms. The van der Waals surface area contributed by atoms with Crippen molar-refractivity contribution in [3.63, 3.8) is 0 Å². The van der Waals surface area contributed by atoms with Crippen molar-refractivity contribution in [2.75, 3.05) is 13.2 Å². The fourth-order valence-electron chi connectivity index (χ4n) is 2.05. The lowest BCUT2D eigenvalue weighted by molar-refractivity contribution is -0.169. The maximum absolute atomic E-state index is 12.1. The molecule has 2 fully saturated rings. The molecule has 2 rings (SSSR count). The quantitative estimate of drug-likeness (QED) is 0.395. The van der Waals surface area contributed by atoms with Gasteiger partial charge in [0.2, 0.25) is 5.91 Å². The van der Waals surface area contributed by atoms with Crippen LogP contribution in [0.3, 0.4) is 0 Å². The Balaban J connectivity index is 2.08. The molecule has 0 bridgehead atoms. The zero-order valence-electron chi connectivity index (χ0n) is 9.23. The number of nitrogens with zero attached hydrogens (tertiary/aromatic N) is 2. The third-order valence-corrected chi connectivity index (χ3v) is 3.30. The standard InChI is InChI=1S/C11H14N2O3/c1-2-16-10(15)11(4-3-5-11)9(14)13-7-8(13)6-12/h8H,2-5,7H2,1H3. The molecule has 1 saturated carbocycles. The van der Waals surface area contributed by atoms with Gasteiger partial charge in [-0.1, -0.05) is 6.42 Å². The lowest BCUT2D eigenvalue weighted by Crippen LogP contribution is -2.49. The Labute approximate surface area is 94.0 Å². The normalized spacial score (nSPS) is 25.2. The minimum absolute atomic E-state index is 0.219. The zero-order chi connectivity index (χ0) is 11.8. The number of nitriles is 1. The molecule has 5 nitrogen and oxygen atoms in total. The summed E-state index contributed by atoms with van der Waals surface area (Å²) < 4.78 is 4.95. The van der Waals surface area contributed by atoms with Crippen molar-refractivity contribution in [2.24, 2.45) is 5.41 Å². The second kappa shape index (κ2) is 3.78. The number of rotatable bonds is 3. The van der Waals surface area contributed by atoms with Gasteiger partial charge in [0, 0.05) is 0 Å². The van der Waals surface area contributed by atoms with Crippen LogP contribution in [0.1, 0.15) is 26.2 Å². The van der Waals surface area contributed by atoms with E-state index in [-0.39, 0.29) is 18.6 Å². The van der Waals surface area contributed by atoms with Gasteiger partial charge in [0.1, 0.15) is 11.5 Å². The summed E-state index contributed by atoms with van der Waals surface area (Å²) in [6.45, 7) is 2.47. The molecule has 1 aliphatic carbocycles. The highest BCUT2D eigenvalue weighted by Gasteiger charge is 2.57. The summed E-state index contributed by atoms with van der Waals surface area (Å²) in [7, 11) is 0. The minimum atomic E-state index is -0.971. The van der Waals surface area contributed by atoms with Gasteiger partial charge in [0.05, 0.1) is 19.2 Å². The average Bonchev–Trinajstić information content (AvgIpc) is 2.95. The molecule has 0 aromatic rings. The van der Waals surface area contributed by atoms with Crippen LogP contribution in [0, 0.1) is 16.7 Å². The molecule has 16 heavy (non-hydrogen) atoms. The maximum Gasteiger partial charge on any atom is 0.321 e. The van der Waals surface area contributed by atoms with Crippen LogP contribution in [0.5, 0.6) is 0 Å². The van der Waals surface area contributed by atoms with E-state index < -0.39 is 11.4 Å². The van der Waals surface area contributed by atoms with Gasteiger partial charge >= 0.3 is 5.97 Å². The Hall–Kier alpha value is -1.57. The Morgan fingerprint density at radius 3 is 2.62 bits per heavy atom.